The molecule has 6 rings (SSSR count). The molecule has 9 nitrogen and oxygen atoms in total. The fourth-order valence-corrected chi connectivity index (χ4v) is 7.12. The quantitative estimate of drug-likeness (QED) is 0.490. The number of hydrogen-bond acceptors (Lipinski definition) is 6. The number of benzene rings is 2. The Balaban J connectivity index is 1.39. The van der Waals surface area contributed by atoms with Gasteiger partial charge in [-0.2, -0.15) is 0 Å². The van der Waals surface area contributed by atoms with Crippen LogP contribution in [0.3, 0.4) is 0 Å². The number of rotatable bonds is 8. The molecule has 1 spiro atoms. The van der Waals surface area contributed by atoms with Crippen LogP contribution in [0.1, 0.15) is 25.8 Å². The number of carbonyl (C=O) groups is 3. The first-order chi connectivity index (χ1) is 20.3. The molecule has 2 aromatic carbocycles. The van der Waals surface area contributed by atoms with Crippen molar-refractivity contribution in [2.45, 2.75) is 44.1 Å². The average Bonchev–Trinajstić information content (AvgIpc) is 3.26. The zero-order chi connectivity index (χ0) is 29.5. The van der Waals surface area contributed by atoms with Crippen LogP contribution in [-0.2, 0) is 25.7 Å². The maximum Gasteiger partial charge on any atom is 0.249 e. The third-order valence-corrected chi connectivity index (χ3v) is 8.87. The van der Waals surface area contributed by atoms with Crippen LogP contribution in [0.15, 0.2) is 78.9 Å². The van der Waals surface area contributed by atoms with Crippen molar-refractivity contribution in [2.24, 2.45) is 11.8 Å². The van der Waals surface area contributed by atoms with Gasteiger partial charge in [0, 0.05) is 38.5 Å². The summed E-state index contributed by atoms with van der Waals surface area (Å²) in [5.41, 5.74) is -0.751. The lowest BCUT2D eigenvalue weighted by atomic mass is 9.74. The van der Waals surface area contributed by atoms with Gasteiger partial charge in [-0.25, -0.2) is 0 Å². The highest BCUT2D eigenvalue weighted by atomic mass is 16.5. The van der Waals surface area contributed by atoms with Gasteiger partial charge in [-0.05, 0) is 50.1 Å². The van der Waals surface area contributed by atoms with Crippen molar-refractivity contribution in [3.63, 3.8) is 0 Å². The van der Waals surface area contributed by atoms with Crippen LogP contribution in [0, 0.1) is 11.8 Å². The predicted octanol–water partition coefficient (Wildman–Crippen LogP) is 2.94. The van der Waals surface area contributed by atoms with Crippen molar-refractivity contribution < 1.29 is 29.0 Å². The highest BCUT2D eigenvalue weighted by molar-refractivity contribution is 6.04. The molecular weight excluding hydrogens is 534 g/mol. The molecule has 4 aliphatic heterocycles. The van der Waals surface area contributed by atoms with Gasteiger partial charge in [0.15, 0.2) is 0 Å². The summed E-state index contributed by atoms with van der Waals surface area (Å²) in [5, 5.41) is 9.64. The first kappa shape index (κ1) is 28.2. The van der Waals surface area contributed by atoms with E-state index >= 15 is 0 Å². The van der Waals surface area contributed by atoms with Crippen molar-refractivity contribution in [1.29, 1.82) is 0 Å². The van der Waals surface area contributed by atoms with E-state index in [2.05, 4.69) is 0 Å². The van der Waals surface area contributed by atoms with Crippen molar-refractivity contribution in [1.82, 2.24) is 9.80 Å². The molecule has 0 bridgehead atoms. The van der Waals surface area contributed by atoms with Gasteiger partial charge in [0.1, 0.15) is 17.4 Å². The number of fused-ring (bicyclic) bond motifs is 2. The van der Waals surface area contributed by atoms with Gasteiger partial charge in [0.2, 0.25) is 17.7 Å². The third-order valence-electron chi connectivity index (χ3n) is 8.87. The molecule has 2 saturated heterocycles. The van der Waals surface area contributed by atoms with Gasteiger partial charge in [-0.1, -0.05) is 54.6 Å². The Hall–Kier alpha value is -3.95. The van der Waals surface area contributed by atoms with Gasteiger partial charge in [0.05, 0.1) is 24.0 Å². The fourth-order valence-electron chi connectivity index (χ4n) is 7.12. The summed E-state index contributed by atoms with van der Waals surface area (Å²) in [4.78, 5) is 48.1. The number of anilines is 1. The molecule has 3 amide bonds. The van der Waals surface area contributed by atoms with E-state index in [0.717, 1.165) is 5.56 Å². The summed E-state index contributed by atoms with van der Waals surface area (Å²) >= 11 is 0. The Morgan fingerprint density at radius 3 is 2.38 bits per heavy atom. The summed E-state index contributed by atoms with van der Waals surface area (Å²) in [6.45, 7) is 5.43. The second-order valence-corrected chi connectivity index (χ2v) is 11.5. The number of ether oxygens (including phenoxy) is 2. The molecule has 9 heteroatoms. The van der Waals surface area contributed by atoms with Crippen LogP contribution < -0.4 is 9.64 Å². The van der Waals surface area contributed by atoms with E-state index < -0.39 is 29.1 Å². The number of aliphatic hydroxyl groups is 1. The highest BCUT2D eigenvalue weighted by Crippen LogP contribution is 2.57. The van der Waals surface area contributed by atoms with E-state index in [4.69, 9.17) is 9.47 Å². The van der Waals surface area contributed by atoms with Gasteiger partial charge in [0.25, 0.3) is 0 Å². The first-order valence-corrected chi connectivity index (χ1v) is 14.7. The van der Waals surface area contributed by atoms with Crippen molar-refractivity contribution in [2.75, 3.05) is 37.7 Å². The second kappa shape index (κ2) is 11.0. The van der Waals surface area contributed by atoms with Gasteiger partial charge in [-0.15, -0.1) is 0 Å². The Labute approximate surface area is 246 Å². The van der Waals surface area contributed by atoms with Crippen LogP contribution in [0.25, 0.3) is 0 Å². The van der Waals surface area contributed by atoms with Crippen LogP contribution in [-0.4, -0.2) is 82.7 Å². The Kier molecular flexibility index (Phi) is 7.41. The number of likely N-dealkylation sites (tertiary alicyclic amines) is 1. The third kappa shape index (κ3) is 4.51. The number of carbonyl (C=O) groups excluding carboxylic acids is 3. The number of nitrogens with zero attached hydrogens (tertiary/aromatic N) is 3. The summed E-state index contributed by atoms with van der Waals surface area (Å²) in [5.74, 6) is -1.79. The molecule has 0 aliphatic carbocycles. The molecule has 5 atom stereocenters. The Bertz CT molecular complexity index is 1410. The normalized spacial score (nSPS) is 30.2. The summed E-state index contributed by atoms with van der Waals surface area (Å²) in [6, 6.07) is 16.1. The largest absolute Gasteiger partial charge is 0.494 e. The molecular formula is C33H37N3O6. The summed E-state index contributed by atoms with van der Waals surface area (Å²) < 4.78 is 12.4. The predicted molar refractivity (Wildman–Crippen MR) is 157 cm³/mol. The van der Waals surface area contributed by atoms with E-state index in [0.29, 0.717) is 44.1 Å². The van der Waals surface area contributed by atoms with Crippen LogP contribution in [0.4, 0.5) is 5.69 Å². The number of aliphatic hydroxyl groups excluding tert-OH is 1. The van der Waals surface area contributed by atoms with Gasteiger partial charge < -0.3 is 29.3 Å². The highest BCUT2D eigenvalue weighted by Gasteiger charge is 2.74. The van der Waals surface area contributed by atoms with Crippen LogP contribution in [0.5, 0.6) is 5.75 Å². The van der Waals surface area contributed by atoms with Gasteiger partial charge >= 0.3 is 0 Å². The van der Waals surface area contributed by atoms with Crippen molar-refractivity contribution in [3.8, 4) is 5.75 Å². The maximum atomic E-state index is 14.4. The monoisotopic (exact) mass is 571 g/mol. The molecule has 4 aliphatic rings. The molecule has 220 valence electrons. The zero-order valence-electron chi connectivity index (χ0n) is 24.0. The van der Waals surface area contributed by atoms with Crippen molar-refractivity contribution in [3.05, 3.63) is 84.5 Å². The van der Waals surface area contributed by atoms with E-state index in [9.17, 15) is 19.5 Å². The average molecular weight is 572 g/mol. The molecule has 2 fully saturated rings. The van der Waals surface area contributed by atoms with Crippen molar-refractivity contribution >= 4 is 23.4 Å². The minimum Gasteiger partial charge on any atom is -0.494 e. The van der Waals surface area contributed by atoms with E-state index in [-0.39, 0.29) is 30.9 Å². The van der Waals surface area contributed by atoms with E-state index in [1.54, 1.807) is 14.7 Å². The smallest absolute Gasteiger partial charge is 0.249 e. The number of hydrogen-bond donors (Lipinski definition) is 1. The first-order valence-electron chi connectivity index (χ1n) is 14.7. The van der Waals surface area contributed by atoms with Crippen LogP contribution >= 0.6 is 0 Å². The van der Waals surface area contributed by atoms with Gasteiger partial charge in [-0.3, -0.25) is 14.4 Å². The fraction of sp³-hybridized carbons (Fsp3) is 0.424. The lowest BCUT2D eigenvalue weighted by Crippen LogP contribution is -2.55. The molecule has 0 aromatic heterocycles. The molecule has 42 heavy (non-hydrogen) atoms. The molecule has 4 heterocycles. The molecule has 1 N–H and O–H groups in total. The Morgan fingerprint density at radius 1 is 0.929 bits per heavy atom. The standard InChI is InChI=1S/C33H37N3O6/c1-3-41-25-14-12-24(13-15-25)35-19-7-16-32(2)26(29(35)38)27-30(39)36(20-9-21-37)28-31(40)34(18-8-17-33(27,28)42-32)22-23-10-5-4-6-11-23/h4-8,10-17,26-28,37H,3,9,18-22H2,1-2H3/t26-,27-,28?,32+,33-/m0/s1. The Morgan fingerprint density at radius 2 is 1.67 bits per heavy atom. The van der Waals surface area contributed by atoms with Crippen LogP contribution in [0.2, 0.25) is 0 Å². The second-order valence-electron chi connectivity index (χ2n) is 11.5. The molecule has 0 saturated carbocycles. The summed E-state index contributed by atoms with van der Waals surface area (Å²) in [6.07, 6.45) is 7.84. The minimum absolute atomic E-state index is 0.124. The lowest BCUT2D eigenvalue weighted by molar-refractivity contribution is -0.151. The zero-order valence-corrected chi connectivity index (χ0v) is 24.0. The number of amides is 3. The van der Waals surface area contributed by atoms with E-state index in [1.165, 1.54) is 0 Å². The summed E-state index contributed by atoms with van der Waals surface area (Å²) in [7, 11) is 0. The molecule has 1 unspecified atom stereocenters. The van der Waals surface area contributed by atoms with E-state index in [1.807, 2.05) is 92.7 Å². The molecule has 2 aromatic rings. The topological polar surface area (TPSA) is 99.6 Å². The minimum atomic E-state index is -1.32. The SMILES string of the molecule is CCOc1ccc(N2CC=C[C@@]3(C)O[C@]45C=CCN(Cc6ccccc6)C(=O)C4N(CCCO)C(=O)[C@@H]5[C@H]3C2=O)cc1. The molecule has 0 radical (unpaired) electrons. The maximum absolute atomic E-state index is 14.4. The lowest BCUT2D eigenvalue weighted by Gasteiger charge is -2.37.